The molecule has 0 saturated heterocycles. The largest absolute Gasteiger partial charge is 0.507 e. The number of hydrogen-bond acceptors (Lipinski definition) is 1. The monoisotopic (exact) mass is 186 g/mol. The minimum Gasteiger partial charge on any atom is -0.507 e. The highest BCUT2D eigenvalue weighted by molar-refractivity contribution is 5.90. The number of benzene rings is 2. The fraction of sp³-hybridized carbons (Fsp3) is 0.231. The average molecular weight is 186 g/mol. The quantitative estimate of drug-likeness (QED) is 0.668. The lowest BCUT2D eigenvalue weighted by atomic mass is 10.00. The van der Waals surface area contributed by atoms with Crippen LogP contribution in [0.15, 0.2) is 24.3 Å². The van der Waals surface area contributed by atoms with E-state index in [0.717, 1.165) is 21.9 Å². The minimum absolute atomic E-state index is 0.417. The molecule has 0 spiro atoms. The van der Waals surface area contributed by atoms with E-state index in [9.17, 15) is 5.11 Å². The first-order valence-electron chi connectivity index (χ1n) is 4.79. The number of phenolic OH excluding ortho intramolecular Hbond substituents is 1. The van der Waals surface area contributed by atoms with Gasteiger partial charge >= 0.3 is 0 Å². The standard InChI is InChI=1S/C13H14O/c1-8-4-5-12-11(6-8)7-9(2)10(3)13(12)14/h4-7,14H,1-3H3. The second-order valence-corrected chi connectivity index (χ2v) is 3.89. The van der Waals surface area contributed by atoms with E-state index in [0.29, 0.717) is 5.75 Å². The van der Waals surface area contributed by atoms with E-state index >= 15 is 0 Å². The Morgan fingerprint density at radius 3 is 2.43 bits per heavy atom. The van der Waals surface area contributed by atoms with Crippen molar-refractivity contribution in [3.05, 3.63) is 41.0 Å². The van der Waals surface area contributed by atoms with Crippen LogP contribution in [0.2, 0.25) is 0 Å². The zero-order valence-corrected chi connectivity index (χ0v) is 8.76. The maximum atomic E-state index is 9.93. The van der Waals surface area contributed by atoms with Crippen molar-refractivity contribution in [3.8, 4) is 5.75 Å². The molecule has 2 aromatic rings. The van der Waals surface area contributed by atoms with Crippen molar-refractivity contribution < 1.29 is 5.11 Å². The highest BCUT2D eigenvalue weighted by atomic mass is 16.3. The molecule has 0 bridgehead atoms. The third kappa shape index (κ3) is 1.25. The fourth-order valence-corrected chi connectivity index (χ4v) is 1.75. The lowest BCUT2D eigenvalue weighted by Gasteiger charge is -2.08. The summed E-state index contributed by atoms with van der Waals surface area (Å²) in [5, 5.41) is 12.0. The Labute approximate surface area is 84.0 Å². The Bertz CT molecular complexity index is 498. The number of fused-ring (bicyclic) bond motifs is 1. The molecule has 0 heterocycles. The van der Waals surface area contributed by atoms with Gasteiger partial charge in [-0.1, -0.05) is 29.8 Å². The van der Waals surface area contributed by atoms with Gasteiger partial charge in [-0.25, -0.2) is 0 Å². The van der Waals surface area contributed by atoms with Crippen molar-refractivity contribution in [2.45, 2.75) is 20.8 Å². The van der Waals surface area contributed by atoms with E-state index in [-0.39, 0.29) is 0 Å². The summed E-state index contributed by atoms with van der Waals surface area (Å²) in [5.74, 6) is 0.417. The van der Waals surface area contributed by atoms with Gasteiger partial charge in [-0.15, -0.1) is 0 Å². The molecule has 2 rings (SSSR count). The Morgan fingerprint density at radius 1 is 1.00 bits per heavy atom. The van der Waals surface area contributed by atoms with Gasteiger partial charge in [0, 0.05) is 5.39 Å². The Morgan fingerprint density at radius 2 is 1.71 bits per heavy atom. The molecule has 0 aromatic heterocycles. The SMILES string of the molecule is Cc1ccc2c(O)c(C)c(C)cc2c1. The second-order valence-electron chi connectivity index (χ2n) is 3.89. The highest BCUT2D eigenvalue weighted by Crippen LogP contribution is 2.31. The van der Waals surface area contributed by atoms with E-state index in [1.165, 1.54) is 5.56 Å². The zero-order valence-electron chi connectivity index (χ0n) is 8.76. The van der Waals surface area contributed by atoms with Crippen molar-refractivity contribution in [1.29, 1.82) is 0 Å². The first-order chi connectivity index (χ1) is 6.59. The molecule has 0 saturated carbocycles. The Balaban J connectivity index is 2.91. The summed E-state index contributed by atoms with van der Waals surface area (Å²) in [6.45, 7) is 6.03. The van der Waals surface area contributed by atoms with E-state index < -0.39 is 0 Å². The number of rotatable bonds is 0. The molecule has 2 aromatic carbocycles. The maximum absolute atomic E-state index is 9.93. The predicted molar refractivity (Wildman–Crippen MR) is 59.8 cm³/mol. The molecule has 0 radical (unpaired) electrons. The lowest BCUT2D eigenvalue weighted by Crippen LogP contribution is -1.85. The van der Waals surface area contributed by atoms with Crippen LogP contribution in [0.5, 0.6) is 5.75 Å². The summed E-state index contributed by atoms with van der Waals surface area (Å²) < 4.78 is 0. The predicted octanol–water partition coefficient (Wildman–Crippen LogP) is 3.47. The first-order valence-corrected chi connectivity index (χ1v) is 4.79. The molecule has 0 aliphatic heterocycles. The van der Waals surface area contributed by atoms with Crippen LogP contribution >= 0.6 is 0 Å². The summed E-state index contributed by atoms with van der Waals surface area (Å²) in [7, 11) is 0. The van der Waals surface area contributed by atoms with Crippen LogP contribution in [-0.2, 0) is 0 Å². The van der Waals surface area contributed by atoms with Gasteiger partial charge in [0.1, 0.15) is 5.75 Å². The highest BCUT2D eigenvalue weighted by Gasteiger charge is 2.05. The van der Waals surface area contributed by atoms with Crippen LogP contribution < -0.4 is 0 Å². The molecule has 14 heavy (non-hydrogen) atoms. The van der Waals surface area contributed by atoms with Gasteiger partial charge in [-0.3, -0.25) is 0 Å². The van der Waals surface area contributed by atoms with E-state index in [2.05, 4.69) is 19.1 Å². The average Bonchev–Trinajstić information content (AvgIpc) is 2.14. The number of aromatic hydroxyl groups is 1. The van der Waals surface area contributed by atoms with Crippen LogP contribution in [0.1, 0.15) is 16.7 Å². The van der Waals surface area contributed by atoms with Crippen LogP contribution in [0.3, 0.4) is 0 Å². The van der Waals surface area contributed by atoms with Gasteiger partial charge in [-0.05, 0) is 37.3 Å². The molecule has 0 fully saturated rings. The topological polar surface area (TPSA) is 20.2 Å². The fourth-order valence-electron chi connectivity index (χ4n) is 1.75. The third-order valence-electron chi connectivity index (χ3n) is 2.78. The zero-order chi connectivity index (χ0) is 10.3. The van der Waals surface area contributed by atoms with Gasteiger partial charge in [0.15, 0.2) is 0 Å². The molecule has 1 nitrogen and oxygen atoms in total. The maximum Gasteiger partial charge on any atom is 0.126 e. The van der Waals surface area contributed by atoms with Crippen molar-refractivity contribution in [2.75, 3.05) is 0 Å². The normalized spacial score (nSPS) is 10.8. The number of aryl methyl sites for hydroxylation is 2. The number of hydrogen-bond donors (Lipinski definition) is 1. The molecule has 1 N–H and O–H groups in total. The molecule has 0 atom stereocenters. The summed E-state index contributed by atoms with van der Waals surface area (Å²) >= 11 is 0. The molecule has 1 heteroatoms. The summed E-state index contributed by atoms with van der Waals surface area (Å²) in [6.07, 6.45) is 0. The molecule has 72 valence electrons. The third-order valence-corrected chi connectivity index (χ3v) is 2.78. The van der Waals surface area contributed by atoms with Gasteiger partial charge in [-0.2, -0.15) is 0 Å². The van der Waals surface area contributed by atoms with E-state index in [1.54, 1.807) is 0 Å². The van der Waals surface area contributed by atoms with Crippen LogP contribution in [0.25, 0.3) is 10.8 Å². The van der Waals surface area contributed by atoms with Crippen molar-refractivity contribution in [3.63, 3.8) is 0 Å². The summed E-state index contributed by atoms with van der Waals surface area (Å²) in [5.41, 5.74) is 3.34. The molecule has 0 amide bonds. The molecule has 0 aliphatic carbocycles. The number of phenols is 1. The smallest absolute Gasteiger partial charge is 0.126 e. The summed E-state index contributed by atoms with van der Waals surface area (Å²) in [6, 6.07) is 8.22. The Kier molecular flexibility index (Phi) is 1.95. The van der Waals surface area contributed by atoms with Gasteiger partial charge in [0.2, 0.25) is 0 Å². The van der Waals surface area contributed by atoms with Crippen LogP contribution in [0, 0.1) is 20.8 Å². The van der Waals surface area contributed by atoms with E-state index in [4.69, 9.17) is 0 Å². The van der Waals surface area contributed by atoms with E-state index in [1.807, 2.05) is 26.0 Å². The summed E-state index contributed by atoms with van der Waals surface area (Å²) in [4.78, 5) is 0. The van der Waals surface area contributed by atoms with Gasteiger partial charge < -0.3 is 5.11 Å². The van der Waals surface area contributed by atoms with Crippen molar-refractivity contribution in [2.24, 2.45) is 0 Å². The molecular weight excluding hydrogens is 172 g/mol. The lowest BCUT2D eigenvalue weighted by molar-refractivity contribution is 0.477. The van der Waals surface area contributed by atoms with Gasteiger partial charge in [0.25, 0.3) is 0 Å². The molecular formula is C13H14O. The van der Waals surface area contributed by atoms with Gasteiger partial charge in [0.05, 0.1) is 0 Å². The van der Waals surface area contributed by atoms with Crippen LogP contribution in [0.4, 0.5) is 0 Å². The molecule has 0 aliphatic rings. The second kappa shape index (κ2) is 3.02. The molecule has 0 unspecified atom stereocenters. The first kappa shape index (κ1) is 9.07. The van der Waals surface area contributed by atoms with Crippen molar-refractivity contribution in [1.82, 2.24) is 0 Å². The minimum atomic E-state index is 0.417. The van der Waals surface area contributed by atoms with Crippen LogP contribution in [-0.4, -0.2) is 5.11 Å². The Hall–Kier alpha value is -1.50. The van der Waals surface area contributed by atoms with Crippen molar-refractivity contribution >= 4 is 10.8 Å².